The molecular formula is C11H13F2N. The Morgan fingerprint density at radius 1 is 1.29 bits per heavy atom. The van der Waals surface area contributed by atoms with Crippen LogP contribution in [0.25, 0.3) is 0 Å². The lowest BCUT2D eigenvalue weighted by Gasteiger charge is -2.10. The number of halogens is 2. The lowest BCUT2D eigenvalue weighted by atomic mass is 9.98. The molecule has 1 saturated heterocycles. The largest absolute Gasteiger partial charge is 0.306 e. The third kappa shape index (κ3) is 1.77. The average Bonchev–Trinajstić information content (AvgIpc) is 2.57. The summed E-state index contributed by atoms with van der Waals surface area (Å²) in [6, 6.07) is 4.21. The Kier molecular flexibility index (Phi) is 2.50. The Balaban J connectivity index is 2.20. The molecule has 14 heavy (non-hydrogen) atoms. The first-order valence-corrected chi connectivity index (χ1v) is 4.80. The Labute approximate surface area is 82.3 Å². The van der Waals surface area contributed by atoms with Crippen LogP contribution in [0.2, 0.25) is 0 Å². The molecule has 1 unspecified atom stereocenters. The molecule has 0 radical (unpaired) electrons. The summed E-state index contributed by atoms with van der Waals surface area (Å²) in [5.41, 5.74) is 0.910. The Bertz CT molecular complexity index is 338. The number of rotatable bonds is 1. The maximum Gasteiger partial charge on any atom is 0.159 e. The normalized spacial score (nSPS) is 22.9. The molecule has 76 valence electrons. The molecule has 2 rings (SSSR count). The highest BCUT2D eigenvalue weighted by Gasteiger charge is 2.21. The first kappa shape index (κ1) is 9.59. The van der Waals surface area contributed by atoms with Crippen LogP contribution in [-0.2, 0) is 0 Å². The van der Waals surface area contributed by atoms with Crippen molar-refractivity contribution >= 4 is 0 Å². The summed E-state index contributed by atoms with van der Waals surface area (Å²) in [5.74, 6) is -1.15. The monoisotopic (exact) mass is 197 g/mol. The second-order valence-electron chi connectivity index (χ2n) is 3.92. The van der Waals surface area contributed by atoms with Crippen LogP contribution in [0.4, 0.5) is 8.78 Å². The van der Waals surface area contributed by atoms with E-state index in [0.717, 1.165) is 25.1 Å². The van der Waals surface area contributed by atoms with Gasteiger partial charge in [-0.05, 0) is 43.6 Å². The first-order chi connectivity index (χ1) is 6.66. The molecule has 1 fully saturated rings. The van der Waals surface area contributed by atoms with Gasteiger partial charge in [-0.25, -0.2) is 8.78 Å². The van der Waals surface area contributed by atoms with E-state index in [9.17, 15) is 8.78 Å². The third-order valence-electron chi connectivity index (χ3n) is 2.81. The minimum absolute atomic E-state index is 0.357. The van der Waals surface area contributed by atoms with Gasteiger partial charge in [-0.3, -0.25) is 0 Å². The molecule has 0 N–H and O–H groups in total. The van der Waals surface area contributed by atoms with Crippen molar-refractivity contribution in [3.63, 3.8) is 0 Å². The van der Waals surface area contributed by atoms with Gasteiger partial charge in [-0.15, -0.1) is 0 Å². The van der Waals surface area contributed by atoms with Crippen LogP contribution in [-0.4, -0.2) is 25.0 Å². The first-order valence-electron chi connectivity index (χ1n) is 4.80. The van der Waals surface area contributed by atoms with Crippen LogP contribution in [0.3, 0.4) is 0 Å². The van der Waals surface area contributed by atoms with Gasteiger partial charge in [0, 0.05) is 6.54 Å². The summed E-state index contributed by atoms with van der Waals surface area (Å²) >= 11 is 0. The maximum atomic E-state index is 12.9. The molecule has 1 aliphatic heterocycles. The van der Waals surface area contributed by atoms with Gasteiger partial charge in [0.05, 0.1) is 0 Å². The number of benzene rings is 1. The zero-order valence-electron chi connectivity index (χ0n) is 8.13. The van der Waals surface area contributed by atoms with Crippen molar-refractivity contribution in [1.82, 2.24) is 4.90 Å². The highest BCUT2D eigenvalue weighted by Crippen LogP contribution is 2.26. The molecule has 1 atom stereocenters. The minimum atomic E-state index is -0.764. The fraction of sp³-hybridized carbons (Fsp3) is 0.455. The SMILES string of the molecule is CN1CCC(c2ccc(F)c(F)c2)C1. The van der Waals surface area contributed by atoms with Crippen molar-refractivity contribution < 1.29 is 8.78 Å². The summed E-state index contributed by atoms with van der Waals surface area (Å²) in [4.78, 5) is 2.20. The van der Waals surface area contributed by atoms with Crippen LogP contribution in [0.5, 0.6) is 0 Å². The molecule has 0 bridgehead atoms. The summed E-state index contributed by atoms with van der Waals surface area (Å²) < 4.78 is 25.6. The Morgan fingerprint density at radius 3 is 2.64 bits per heavy atom. The molecule has 1 nitrogen and oxygen atoms in total. The van der Waals surface area contributed by atoms with Gasteiger partial charge in [0.2, 0.25) is 0 Å². The quantitative estimate of drug-likeness (QED) is 0.668. The average molecular weight is 197 g/mol. The summed E-state index contributed by atoms with van der Waals surface area (Å²) in [6.45, 7) is 1.97. The van der Waals surface area contributed by atoms with Gasteiger partial charge in [-0.2, -0.15) is 0 Å². The number of likely N-dealkylation sites (tertiary alicyclic amines) is 1. The van der Waals surface area contributed by atoms with Gasteiger partial charge >= 0.3 is 0 Å². The van der Waals surface area contributed by atoms with Crippen LogP contribution >= 0.6 is 0 Å². The van der Waals surface area contributed by atoms with E-state index in [1.54, 1.807) is 6.07 Å². The predicted octanol–water partition coefficient (Wildman–Crippen LogP) is 2.38. The second-order valence-corrected chi connectivity index (χ2v) is 3.92. The third-order valence-corrected chi connectivity index (χ3v) is 2.81. The molecule has 1 heterocycles. The van der Waals surface area contributed by atoms with E-state index >= 15 is 0 Å². The number of nitrogens with zero attached hydrogens (tertiary/aromatic N) is 1. The van der Waals surface area contributed by atoms with Crippen molar-refractivity contribution in [2.45, 2.75) is 12.3 Å². The van der Waals surface area contributed by atoms with Crippen LogP contribution in [0, 0.1) is 11.6 Å². The van der Waals surface area contributed by atoms with Gasteiger partial charge < -0.3 is 4.90 Å². The fourth-order valence-electron chi connectivity index (χ4n) is 1.97. The molecule has 3 heteroatoms. The number of hydrogen-bond donors (Lipinski definition) is 0. The van der Waals surface area contributed by atoms with Gasteiger partial charge in [-0.1, -0.05) is 6.07 Å². The van der Waals surface area contributed by atoms with E-state index in [1.807, 2.05) is 7.05 Å². The van der Waals surface area contributed by atoms with Crippen LogP contribution < -0.4 is 0 Å². The van der Waals surface area contributed by atoms with E-state index in [1.165, 1.54) is 12.1 Å². The molecule has 0 aliphatic carbocycles. The van der Waals surface area contributed by atoms with Gasteiger partial charge in [0.1, 0.15) is 0 Å². The molecule has 0 amide bonds. The fourth-order valence-corrected chi connectivity index (χ4v) is 1.97. The molecule has 0 aromatic heterocycles. The molecule has 1 aromatic rings. The number of likely N-dealkylation sites (N-methyl/N-ethyl adjacent to an activating group) is 1. The molecule has 1 aliphatic rings. The lowest BCUT2D eigenvalue weighted by Crippen LogP contribution is -2.13. The summed E-state index contributed by atoms with van der Waals surface area (Å²) in [7, 11) is 2.04. The highest BCUT2D eigenvalue weighted by atomic mass is 19.2. The smallest absolute Gasteiger partial charge is 0.159 e. The van der Waals surface area contributed by atoms with E-state index in [0.29, 0.717) is 5.92 Å². The van der Waals surface area contributed by atoms with Crippen molar-refractivity contribution in [3.05, 3.63) is 35.4 Å². The lowest BCUT2D eigenvalue weighted by molar-refractivity contribution is 0.411. The molecule has 0 saturated carbocycles. The van der Waals surface area contributed by atoms with Gasteiger partial charge in [0.15, 0.2) is 11.6 Å². The maximum absolute atomic E-state index is 12.9. The predicted molar refractivity (Wildman–Crippen MR) is 51.2 cm³/mol. The zero-order valence-corrected chi connectivity index (χ0v) is 8.13. The van der Waals surface area contributed by atoms with E-state index in [4.69, 9.17) is 0 Å². The zero-order chi connectivity index (χ0) is 10.1. The Morgan fingerprint density at radius 2 is 2.07 bits per heavy atom. The van der Waals surface area contributed by atoms with E-state index < -0.39 is 11.6 Å². The highest BCUT2D eigenvalue weighted by molar-refractivity contribution is 5.23. The van der Waals surface area contributed by atoms with E-state index in [-0.39, 0.29) is 0 Å². The van der Waals surface area contributed by atoms with Crippen molar-refractivity contribution in [2.24, 2.45) is 0 Å². The van der Waals surface area contributed by atoms with E-state index in [2.05, 4.69) is 4.90 Å². The van der Waals surface area contributed by atoms with Crippen molar-refractivity contribution in [1.29, 1.82) is 0 Å². The van der Waals surface area contributed by atoms with Gasteiger partial charge in [0.25, 0.3) is 0 Å². The molecule has 1 aromatic carbocycles. The summed E-state index contributed by atoms with van der Waals surface area (Å²) in [5, 5.41) is 0. The molecular weight excluding hydrogens is 184 g/mol. The topological polar surface area (TPSA) is 3.24 Å². The minimum Gasteiger partial charge on any atom is -0.306 e. The number of hydrogen-bond acceptors (Lipinski definition) is 1. The van der Waals surface area contributed by atoms with Crippen molar-refractivity contribution in [3.8, 4) is 0 Å². The van der Waals surface area contributed by atoms with Crippen LogP contribution in [0.1, 0.15) is 17.9 Å². The Hall–Kier alpha value is -0.960. The second kappa shape index (κ2) is 3.65. The molecule has 0 spiro atoms. The standard InChI is InChI=1S/C11H13F2N/c1-14-5-4-9(7-14)8-2-3-10(12)11(13)6-8/h2-3,6,9H,4-5,7H2,1H3. The summed E-state index contributed by atoms with van der Waals surface area (Å²) in [6.07, 6.45) is 1.03. The van der Waals surface area contributed by atoms with Crippen molar-refractivity contribution in [2.75, 3.05) is 20.1 Å². The van der Waals surface area contributed by atoms with Crippen LogP contribution in [0.15, 0.2) is 18.2 Å².